The van der Waals surface area contributed by atoms with Crippen LogP contribution in [0.25, 0.3) is 11.0 Å². The molecule has 0 saturated carbocycles. The summed E-state index contributed by atoms with van der Waals surface area (Å²) in [6.45, 7) is 2.04. The van der Waals surface area contributed by atoms with Crippen LogP contribution >= 0.6 is 0 Å². The molecule has 1 heterocycles. The summed E-state index contributed by atoms with van der Waals surface area (Å²) in [4.78, 5) is 16.7. The van der Waals surface area contributed by atoms with Gasteiger partial charge in [-0.1, -0.05) is 12.1 Å². The van der Waals surface area contributed by atoms with E-state index in [9.17, 15) is 9.90 Å². The summed E-state index contributed by atoms with van der Waals surface area (Å²) >= 11 is 0. The number of aromatic hydroxyl groups is 1. The number of hydrogen-bond donors (Lipinski definition) is 4. The van der Waals surface area contributed by atoms with E-state index in [1.54, 1.807) is 12.1 Å². The van der Waals surface area contributed by atoms with Gasteiger partial charge in [-0.3, -0.25) is 0 Å². The van der Waals surface area contributed by atoms with Gasteiger partial charge >= 0.3 is 5.69 Å². The van der Waals surface area contributed by atoms with E-state index in [-0.39, 0.29) is 17.5 Å². The standard InChI is InChI=1S/C15H15N3O2/c1-9(10-2-5-12(19)6-3-10)16-11-4-7-13-14(8-11)18-15(20)17-13/h2-9,16,19H,1H3,(H2,17,18,20). The van der Waals surface area contributed by atoms with Crippen molar-refractivity contribution in [2.45, 2.75) is 13.0 Å². The van der Waals surface area contributed by atoms with Crippen molar-refractivity contribution in [3.05, 3.63) is 58.5 Å². The molecule has 5 heteroatoms. The molecule has 3 rings (SSSR count). The predicted molar refractivity (Wildman–Crippen MR) is 79.1 cm³/mol. The van der Waals surface area contributed by atoms with Gasteiger partial charge in [-0.2, -0.15) is 0 Å². The second kappa shape index (κ2) is 4.77. The highest BCUT2D eigenvalue weighted by Gasteiger charge is 2.06. The van der Waals surface area contributed by atoms with Crippen LogP contribution in [0.15, 0.2) is 47.3 Å². The monoisotopic (exact) mass is 269 g/mol. The normalized spacial score (nSPS) is 12.4. The molecule has 1 atom stereocenters. The Balaban J connectivity index is 1.84. The Morgan fingerprint density at radius 2 is 1.75 bits per heavy atom. The maximum absolute atomic E-state index is 11.2. The molecule has 0 saturated heterocycles. The lowest BCUT2D eigenvalue weighted by Crippen LogP contribution is -2.06. The van der Waals surface area contributed by atoms with Gasteiger partial charge in [0.05, 0.1) is 11.0 Å². The second-order valence-electron chi connectivity index (χ2n) is 4.80. The van der Waals surface area contributed by atoms with Gasteiger partial charge in [0, 0.05) is 11.7 Å². The molecule has 0 aliphatic carbocycles. The molecule has 0 fully saturated rings. The second-order valence-corrected chi connectivity index (χ2v) is 4.80. The lowest BCUT2D eigenvalue weighted by molar-refractivity contribution is 0.475. The molecule has 0 radical (unpaired) electrons. The fourth-order valence-corrected chi connectivity index (χ4v) is 2.22. The molecule has 0 spiro atoms. The summed E-state index contributed by atoms with van der Waals surface area (Å²) in [7, 11) is 0. The van der Waals surface area contributed by atoms with Crippen LogP contribution in [0.2, 0.25) is 0 Å². The van der Waals surface area contributed by atoms with Crippen LogP contribution in [0, 0.1) is 0 Å². The van der Waals surface area contributed by atoms with Crippen LogP contribution in [-0.4, -0.2) is 15.1 Å². The quantitative estimate of drug-likeness (QED) is 0.590. The van der Waals surface area contributed by atoms with Crippen molar-refractivity contribution in [3.63, 3.8) is 0 Å². The van der Waals surface area contributed by atoms with E-state index < -0.39 is 0 Å². The van der Waals surface area contributed by atoms with E-state index in [1.165, 1.54) is 0 Å². The van der Waals surface area contributed by atoms with Crippen LogP contribution in [0.3, 0.4) is 0 Å². The maximum Gasteiger partial charge on any atom is 0.323 e. The third kappa shape index (κ3) is 2.38. The molecule has 0 amide bonds. The Morgan fingerprint density at radius 1 is 1.05 bits per heavy atom. The maximum atomic E-state index is 11.2. The van der Waals surface area contributed by atoms with Gasteiger partial charge in [0.25, 0.3) is 0 Å². The predicted octanol–water partition coefficient (Wildman–Crippen LogP) is 2.73. The minimum atomic E-state index is -0.205. The third-order valence-corrected chi connectivity index (χ3v) is 3.29. The largest absolute Gasteiger partial charge is 0.508 e. The van der Waals surface area contributed by atoms with Crippen LogP contribution in [0.4, 0.5) is 5.69 Å². The summed E-state index contributed by atoms with van der Waals surface area (Å²) in [6.07, 6.45) is 0. The molecule has 5 nitrogen and oxygen atoms in total. The number of nitrogens with one attached hydrogen (secondary N) is 3. The summed E-state index contributed by atoms with van der Waals surface area (Å²) in [5.74, 6) is 0.257. The summed E-state index contributed by atoms with van der Waals surface area (Å²) < 4.78 is 0. The summed E-state index contributed by atoms with van der Waals surface area (Å²) in [5, 5.41) is 12.7. The number of H-pyrrole nitrogens is 2. The fraction of sp³-hybridized carbons (Fsp3) is 0.133. The molecule has 1 aromatic heterocycles. The highest BCUT2D eigenvalue weighted by Crippen LogP contribution is 2.22. The van der Waals surface area contributed by atoms with Crippen LogP contribution in [0.5, 0.6) is 5.75 Å². The van der Waals surface area contributed by atoms with Crippen LogP contribution in [0.1, 0.15) is 18.5 Å². The molecule has 1 unspecified atom stereocenters. The average Bonchev–Trinajstić information content (AvgIpc) is 2.78. The molecule has 2 aromatic carbocycles. The number of hydrogen-bond acceptors (Lipinski definition) is 3. The average molecular weight is 269 g/mol. The van der Waals surface area contributed by atoms with E-state index >= 15 is 0 Å². The van der Waals surface area contributed by atoms with Gasteiger partial charge in [-0.15, -0.1) is 0 Å². The van der Waals surface area contributed by atoms with Gasteiger partial charge in [-0.05, 0) is 42.8 Å². The van der Waals surface area contributed by atoms with Crippen LogP contribution < -0.4 is 11.0 Å². The molecule has 0 aliphatic rings. The number of phenols is 1. The number of benzene rings is 2. The van der Waals surface area contributed by atoms with Gasteiger partial charge in [0.1, 0.15) is 5.75 Å². The number of imidazole rings is 1. The third-order valence-electron chi connectivity index (χ3n) is 3.29. The Kier molecular flexibility index (Phi) is 2.95. The number of aromatic nitrogens is 2. The van der Waals surface area contributed by atoms with Gasteiger partial charge in [0.15, 0.2) is 0 Å². The Bertz CT molecular complexity index is 787. The molecular weight excluding hydrogens is 254 g/mol. The first-order valence-corrected chi connectivity index (χ1v) is 6.39. The molecule has 3 aromatic rings. The van der Waals surface area contributed by atoms with E-state index in [2.05, 4.69) is 15.3 Å². The lowest BCUT2D eigenvalue weighted by atomic mass is 10.1. The van der Waals surface area contributed by atoms with Crippen molar-refractivity contribution in [2.75, 3.05) is 5.32 Å². The highest BCUT2D eigenvalue weighted by atomic mass is 16.3. The zero-order valence-electron chi connectivity index (χ0n) is 11.0. The minimum Gasteiger partial charge on any atom is -0.508 e. The zero-order chi connectivity index (χ0) is 14.1. The van der Waals surface area contributed by atoms with Crippen molar-refractivity contribution in [1.82, 2.24) is 9.97 Å². The Morgan fingerprint density at radius 3 is 2.50 bits per heavy atom. The molecule has 20 heavy (non-hydrogen) atoms. The Hall–Kier alpha value is -2.69. The van der Waals surface area contributed by atoms with Gasteiger partial charge < -0.3 is 20.4 Å². The van der Waals surface area contributed by atoms with Crippen molar-refractivity contribution < 1.29 is 5.11 Å². The minimum absolute atomic E-state index is 0.0960. The first-order valence-electron chi connectivity index (χ1n) is 6.39. The number of rotatable bonds is 3. The van der Waals surface area contributed by atoms with Crippen molar-refractivity contribution in [1.29, 1.82) is 0 Å². The number of anilines is 1. The van der Waals surface area contributed by atoms with Crippen molar-refractivity contribution in [2.24, 2.45) is 0 Å². The van der Waals surface area contributed by atoms with E-state index in [1.807, 2.05) is 37.3 Å². The Labute approximate surface area is 115 Å². The van der Waals surface area contributed by atoms with Gasteiger partial charge in [-0.25, -0.2) is 4.79 Å². The molecule has 0 aliphatic heterocycles. The molecule has 4 N–H and O–H groups in total. The van der Waals surface area contributed by atoms with Gasteiger partial charge in [0.2, 0.25) is 0 Å². The smallest absolute Gasteiger partial charge is 0.323 e. The summed E-state index contributed by atoms with van der Waals surface area (Å²) in [6, 6.07) is 12.9. The number of fused-ring (bicyclic) bond motifs is 1. The van der Waals surface area contributed by atoms with Crippen molar-refractivity contribution >= 4 is 16.7 Å². The van der Waals surface area contributed by atoms with E-state index in [4.69, 9.17) is 0 Å². The molecule has 0 bridgehead atoms. The number of phenolic OH excluding ortho intramolecular Hbond substituents is 1. The summed E-state index contributed by atoms with van der Waals surface area (Å²) in [5.41, 5.74) is 3.36. The van der Waals surface area contributed by atoms with Crippen LogP contribution in [-0.2, 0) is 0 Å². The first kappa shape index (κ1) is 12.3. The zero-order valence-corrected chi connectivity index (χ0v) is 11.0. The lowest BCUT2D eigenvalue weighted by Gasteiger charge is -2.15. The molecule has 102 valence electrons. The number of aromatic amines is 2. The van der Waals surface area contributed by atoms with Crippen molar-refractivity contribution in [3.8, 4) is 5.75 Å². The molecular formula is C15H15N3O2. The van der Waals surface area contributed by atoms with E-state index in [0.29, 0.717) is 0 Å². The van der Waals surface area contributed by atoms with E-state index in [0.717, 1.165) is 22.3 Å². The SMILES string of the molecule is CC(Nc1ccc2[nH]c(=O)[nH]c2c1)c1ccc(O)cc1. The fourth-order valence-electron chi connectivity index (χ4n) is 2.22. The first-order chi connectivity index (χ1) is 9.61. The topological polar surface area (TPSA) is 80.9 Å². The highest BCUT2D eigenvalue weighted by molar-refractivity contribution is 5.78.